The minimum atomic E-state index is -1.01. The van der Waals surface area contributed by atoms with Crippen molar-refractivity contribution in [3.05, 3.63) is 12.2 Å². The van der Waals surface area contributed by atoms with E-state index >= 15 is 0 Å². The van der Waals surface area contributed by atoms with Crippen LogP contribution in [0.15, 0.2) is 12.2 Å². The van der Waals surface area contributed by atoms with Crippen LogP contribution in [-0.4, -0.2) is 141 Å². The van der Waals surface area contributed by atoms with E-state index in [-0.39, 0.29) is 68.2 Å². The van der Waals surface area contributed by atoms with Crippen LogP contribution < -0.4 is 21.3 Å². The molecule has 0 saturated carbocycles. The van der Waals surface area contributed by atoms with Crippen molar-refractivity contribution in [2.24, 2.45) is 11.8 Å². The Kier molecular flexibility index (Phi) is 24.4. The van der Waals surface area contributed by atoms with Crippen LogP contribution in [0.2, 0.25) is 0 Å². The molecule has 0 radical (unpaired) electrons. The highest BCUT2D eigenvalue weighted by Gasteiger charge is 2.23. The van der Waals surface area contributed by atoms with Crippen LogP contribution in [-0.2, 0) is 38.2 Å². The van der Waals surface area contributed by atoms with E-state index in [0.29, 0.717) is 58.8 Å². The lowest BCUT2D eigenvalue weighted by Gasteiger charge is -2.23. The van der Waals surface area contributed by atoms with Crippen LogP contribution in [0.3, 0.4) is 0 Å². The second kappa shape index (κ2) is 27.4. The molecule has 0 saturated heterocycles. The lowest BCUT2D eigenvalue weighted by Crippen LogP contribution is -2.42. The first kappa shape index (κ1) is 43.6. The zero-order valence-corrected chi connectivity index (χ0v) is 29.2. The zero-order chi connectivity index (χ0) is 36.3. The Morgan fingerprint density at radius 1 is 0.735 bits per heavy atom. The number of hydrogen-bond acceptors (Lipinski definition) is 13. The number of esters is 2. The van der Waals surface area contributed by atoms with E-state index in [9.17, 15) is 28.8 Å². The number of carboxylic acid groups (broad SMARTS) is 1. The van der Waals surface area contributed by atoms with Gasteiger partial charge in [-0.15, -0.1) is 0 Å². The van der Waals surface area contributed by atoms with Crippen LogP contribution in [0.5, 0.6) is 0 Å². The highest BCUT2D eigenvalue weighted by molar-refractivity contribution is 6.12. The summed E-state index contributed by atoms with van der Waals surface area (Å²) in [7, 11) is 0. The van der Waals surface area contributed by atoms with Crippen molar-refractivity contribution < 1.29 is 48.5 Å². The van der Waals surface area contributed by atoms with Gasteiger partial charge in [0.05, 0.1) is 38.1 Å². The highest BCUT2D eigenvalue weighted by Crippen LogP contribution is 2.06. The van der Waals surface area contributed by atoms with Crippen molar-refractivity contribution in [2.45, 2.75) is 65.2 Å². The molecule has 0 aromatic heterocycles. The summed E-state index contributed by atoms with van der Waals surface area (Å²) in [6, 6.07) is 0. The summed E-state index contributed by atoms with van der Waals surface area (Å²) in [5.41, 5.74) is 0. The molecule has 0 aliphatic carbocycles. The number of carbonyl (C=O) groups is 6. The van der Waals surface area contributed by atoms with E-state index in [1.807, 2.05) is 6.92 Å². The number of imide groups is 1. The predicted octanol–water partition coefficient (Wildman–Crippen LogP) is -0.388. The summed E-state index contributed by atoms with van der Waals surface area (Å²) in [6.45, 7) is 9.70. The van der Waals surface area contributed by atoms with Crippen molar-refractivity contribution in [1.82, 2.24) is 31.1 Å². The Bertz CT molecular complexity index is 1030. The molecule has 3 amide bonds. The van der Waals surface area contributed by atoms with Gasteiger partial charge in [0, 0.05) is 77.5 Å². The Morgan fingerprint density at radius 2 is 1.29 bits per heavy atom. The fourth-order valence-electron chi connectivity index (χ4n) is 4.61. The van der Waals surface area contributed by atoms with E-state index in [1.54, 1.807) is 6.92 Å². The molecule has 16 nitrogen and oxygen atoms in total. The molecule has 2 atom stereocenters. The first-order valence-corrected chi connectivity index (χ1v) is 17.4. The van der Waals surface area contributed by atoms with Gasteiger partial charge in [-0.1, -0.05) is 13.8 Å². The second-order valence-corrected chi connectivity index (χ2v) is 12.1. The van der Waals surface area contributed by atoms with E-state index in [0.717, 1.165) is 50.2 Å². The third kappa shape index (κ3) is 22.0. The molecule has 0 spiro atoms. The van der Waals surface area contributed by atoms with Gasteiger partial charge in [-0.2, -0.15) is 0 Å². The smallest absolute Gasteiger partial charge is 0.309 e. The number of amides is 3. The summed E-state index contributed by atoms with van der Waals surface area (Å²) in [4.78, 5) is 73.4. The predicted molar refractivity (Wildman–Crippen MR) is 181 cm³/mol. The second-order valence-electron chi connectivity index (χ2n) is 12.1. The Balaban J connectivity index is 2.14. The molecule has 6 N–H and O–H groups in total. The molecular formula is C33H58N6O10. The fraction of sp³-hybridized carbons (Fsp3) is 0.758. The number of carboxylic acids is 1. The highest BCUT2D eigenvalue weighted by atomic mass is 16.5. The number of unbranched alkanes of at least 4 members (excludes halogenated alkanes) is 4. The summed E-state index contributed by atoms with van der Waals surface area (Å²) >= 11 is 0. The van der Waals surface area contributed by atoms with Crippen molar-refractivity contribution in [2.75, 3.05) is 85.4 Å². The Hall–Kier alpha value is -3.44. The SMILES string of the molecule is CC(CNCCN(CCNCCCCO)CCNC(=O)CCC(=O)O)C(=O)OCCCCCCOC(=O)C(C)CNCN1C(=O)C=CC1=O. The molecule has 1 aliphatic rings. The van der Waals surface area contributed by atoms with Gasteiger partial charge in [0.25, 0.3) is 11.8 Å². The molecule has 280 valence electrons. The van der Waals surface area contributed by atoms with Gasteiger partial charge in [-0.05, 0) is 45.1 Å². The van der Waals surface area contributed by atoms with Gasteiger partial charge < -0.3 is 35.6 Å². The topological polar surface area (TPSA) is 216 Å². The van der Waals surface area contributed by atoms with Crippen molar-refractivity contribution in [3.8, 4) is 0 Å². The maximum absolute atomic E-state index is 12.4. The third-order valence-corrected chi connectivity index (χ3v) is 7.69. The van der Waals surface area contributed by atoms with Gasteiger partial charge in [-0.3, -0.25) is 43.9 Å². The van der Waals surface area contributed by atoms with Crippen molar-refractivity contribution in [3.63, 3.8) is 0 Å². The zero-order valence-electron chi connectivity index (χ0n) is 29.2. The number of rotatable bonds is 31. The molecular weight excluding hydrogens is 640 g/mol. The van der Waals surface area contributed by atoms with E-state index in [1.165, 1.54) is 12.2 Å². The van der Waals surface area contributed by atoms with E-state index < -0.39 is 11.9 Å². The molecule has 16 heteroatoms. The van der Waals surface area contributed by atoms with Crippen LogP contribution in [0, 0.1) is 11.8 Å². The third-order valence-electron chi connectivity index (χ3n) is 7.69. The minimum Gasteiger partial charge on any atom is -0.481 e. The largest absolute Gasteiger partial charge is 0.481 e. The quantitative estimate of drug-likeness (QED) is 0.0309. The molecule has 0 bridgehead atoms. The average molecular weight is 699 g/mol. The standard InChI is InChI=1S/C33H58N6O10/c1-26(23-35-15-18-38(17-14-34-13-5-6-20-40)19-16-37-28(41)9-12-31(44)45)32(46)48-21-7-3-4-8-22-49-33(47)27(2)24-36-25-39-29(42)10-11-30(39)43/h10-11,26-27,34-36,40H,3-9,12-25H2,1-2H3,(H,37,41)(H,44,45). The van der Waals surface area contributed by atoms with Gasteiger partial charge in [0.15, 0.2) is 0 Å². The Morgan fingerprint density at radius 3 is 1.86 bits per heavy atom. The number of aliphatic hydroxyl groups is 1. The minimum absolute atomic E-state index is 0.0387. The molecule has 0 aromatic carbocycles. The summed E-state index contributed by atoms with van der Waals surface area (Å²) in [5, 5.41) is 30.0. The Labute approximate surface area is 289 Å². The molecule has 0 aromatic rings. The fourth-order valence-corrected chi connectivity index (χ4v) is 4.61. The van der Waals surface area contributed by atoms with Crippen LogP contribution in [0.25, 0.3) is 0 Å². The summed E-state index contributed by atoms with van der Waals surface area (Å²) < 4.78 is 10.7. The van der Waals surface area contributed by atoms with Crippen LogP contribution >= 0.6 is 0 Å². The number of ether oxygens (including phenoxy) is 2. The van der Waals surface area contributed by atoms with E-state index in [4.69, 9.17) is 19.7 Å². The normalized spacial score (nSPS) is 13.9. The molecule has 0 fully saturated rings. The number of aliphatic carboxylic acids is 1. The van der Waals surface area contributed by atoms with Crippen LogP contribution in [0.4, 0.5) is 0 Å². The molecule has 2 unspecified atom stereocenters. The lowest BCUT2D eigenvalue weighted by atomic mass is 10.2. The van der Waals surface area contributed by atoms with Crippen molar-refractivity contribution >= 4 is 35.6 Å². The van der Waals surface area contributed by atoms with Gasteiger partial charge in [0.2, 0.25) is 5.91 Å². The van der Waals surface area contributed by atoms with Gasteiger partial charge in [0.1, 0.15) is 0 Å². The molecule has 1 rings (SSSR count). The number of carbonyl (C=O) groups excluding carboxylic acids is 5. The first-order chi connectivity index (χ1) is 23.5. The average Bonchev–Trinajstić information content (AvgIpc) is 3.39. The molecule has 1 heterocycles. The van der Waals surface area contributed by atoms with Crippen molar-refractivity contribution in [1.29, 1.82) is 0 Å². The van der Waals surface area contributed by atoms with Gasteiger partial charge >= 0.3 is 17.9 Å². The van der Waals surface area contributed by atoms with E-state index in [2.05, 4.69) is 26.2 Å². The maximum atomic E-state index is 12.4. The lowest BCUT2D eigenvalue weighted by molar-refractivity contribution is -0.149. The number of nitrogens with one attached hydrogen (secondary N) is 4. The summed E-state index contributed by atoms with van der Waals surface area (Å²) in [5.74, 6) is -3.44. The monoisotopic (exact) mass is 698 g/mol. The van der Waals surface area contributed by atoms with Crippen LogP contribution in [0.1, 0.15) is 65.2 Å². The maximum Gasteiger partial charge on any atom is 0.309 e. The molecule has 1 aliphatic heterocycles. The summed E-state index contributed by atoms with van der Waals surface area (Å²) in [6.07, 6.45) is 6.84. The number of aliphatic hydroxyl groups excluding tert-OH is 1. The van der Waals surface area contributed by atoms with Gasteiger partial charge in [-0.25, -0.2) is 0 Å². The molecule has 49 heavy (non-hydrogen) atoms. The number of nitrogens with zero attached hydrogens (tertiary/aromatic N) is 2. The number of hydrogen-bond donors (Lipinski definition) is 6. The first-order valence-electron chi connectivity index (χ1n) is 17.4.